The number of hydrogen-bond acceptors (Lipinski definition) is 9. The molecule has 1 aliphatic heterocycles. The Morgan fingerprint density at radius 3 is 2.32 bits per heavy atom. The second-order valence-electron chi connectivity index (χ2n) is 10.9. The molecule has 0 amide bonds. The number of piperazine rings is 1. The highest BCUT2D eigenvalue weighted by Crippen LogP contribution is 2.41. The van der Waals surface area contributed by atoms with Gasteiger partial charge in [-0.3, -0.25) is 9.69 Å². The summed E-state index contributed by atoms with van der Waals surface area (Å²) < 4.78 is 49.0. The summed E-state index contributed by atoms with van der Waals surface area (Å²) in [4.78, 5) is 24.0. The summed E-state index contributed by atoms with van der Waals surface area (Å²) in [7, 11) is 2.03. The number of alkyl halides is 3. The lowest BCUT2D eigenvalue weighted by atomic mass is 9.85. The van der Waals surface area contributed by atoms with Gasteiger partial charge in [0.15, 0.2) is 16.7 Å². The van der Waals surface area contributed by atoms with Crippen LogP contribution in [0.2, 0.25) is 0 Å². The van der Waals surface area contributed by atoms with Crippen molar-refractivity contribution in [2.24, 2.45) is 7.05 Å². The lowest BCUT2D eigenvalue weighted by molar-refractivity contribution is -0.144. The molecular weight excluding hydrogens is 519 g/mol. The number of esters is 1. The van der Waals surface area contributed by atoms with Crippen molar-refractivity contribution in [1.82, 2.24) is 29.6 Å². The Hall–Kier alpha value is -2.41. The number of hydrogen-bond donors (Lipinski definition) is 0. The Kier molecular flexibility index (Phi) is 8.55. The molecule has 0 aromatic carbocycles. The van der Waals surface area contributed by atoms with Gasteiger partial charge in [0.1, 0.15) is 11.6 Å². The predicted octanol–water partition coefficient (Wildman–Crippen LogP) is 4.42. The van der Waals surface area contributed by atoms with Crippen LogP contribution in [0.5, 0.6) is 5.75 Å². The average Bonchev–Trinajstić information content (AvgIpc) is 3.14. The first-order chi connectivity index (χ1) is 17.8. The zero-order valence-corrected chi connectivity index (χ0v) is 23.5. The second kappa shape index (κ2) is 11.4. The van der Waals surface area contributed by atoms with Crippen molar-refractivity contribution in [3.63, 3.8) is 0 Å². The van der Waals surface area contributed by atoms with Crippen LogP contribution in [0.15, 0.2) is 5.16 Å². The number of anilines is 1. The molecule has 9 nitrogen and oxygen atoms in total. The van der Waals surface area contributed by atoms with E-state index in [0.29, 0.717) is 32.1 Å². The Morgan fingerprint density at radius 2 is 1.76 bits per heavy atom. The summed E-state index contributed by atoms with van der Waals surface area (Å²) in [5.41, 5.74) is -1.93. The number of nitrogens with zero attached hydrogens (tertiary/aromatic N) is 7. The van der Waals surface area contributed by atoms with Crippen LogP contribution in [0, 0.1) is 0 Å². The van der Waals surface area contributed by atoms with E-state index < -0.39 is 29.0 Å². The largest absolute Gasteiger partial charge is 0.437 e. The van der Waals surface area contributed by atoms with Gasteiger partial charge in [-0.15, -0.1) is 10.2 Å². The first-order valence-electron chi connectivity index (χ1n) is 13.0. The summed E-state index contributed by atoms with van der Waals surface area (Å²) in [6.07, 6.45) is -0.195. The SMILES string of the molecule is CC(=O)Oc1c(N2CCN(CCCSc3nnc(C4CCC4)n3C)CC2)nc(C(C)(C)C)nc1C(F)(F)F. The summed E-state index contributed by atoms with van der Waals surface area (Å²) in [6, 6.07) is 0. The molecule has 2 aromatic rings. The highest BCUT2D eigenvalue weighted by molar-refractivity contribution is 7.99. The van der Waals surface area contributed by atoms with Crippen LogP contribution in [0.4, 0.5) is 19.0 Å². The number of carbonyl (C=O) groups excluding carboxylic acids is 1. The van der Waals surface area contributed by atoms with Crippen molar-refractivity contribution in [2.75, 3.05) is 43.4 Å². The molecule has 0 N–H and O–H groups in total. The molecule has 4 rings (SSSR count). The van der Waals surface area contributed by atoms with Crippen LogP contribution in [0.25, 0.3) is 0 Å². The van der Waals surface area contributed by atoms with E-state index in [0.717, 1.165) is 36.6 Å². The van der Waals surface area contributed by atoms with Crippen molar-refractivity contribution in [3.05, 3.63) is 17.3 Å². The first kappa shape index (κ1) is 28.6. The Balaban J connectivity index is 1.38. The van der Waals surface area contributed by atoms with E-state index in [-0.39, 0.29) is 11.6 Å². The fourth-order valence-electron chi connectivity index (χ4n) is 4.53. The Labute approximate surface area is 225 Å². The topological polar surface area (TPSA) is 89.3 Å². The van der Waals surface area contributed by atoms with Crippen molar-refractivity contribution in [1.29, 1.82) is 0 Å². The van der Waals surface area contributed by atoms with Crippen LogP contribution in [0.1, 0.15) is 76.6 Å². The molecule has 0 spiro atoms. The first-order valence-corrected chi connectivity index (χ1v) is 14.0. The summed E-state index contributed by atoms with van der Waals surface area (Å²) in [5.74, 6) is 1.14. The predicted molar refractivity (Wildman–Crippen MR) is 139 cm³/mol. The van der Waals surface area contributed by atoms with Crippen LogP contribution >= 0.6 is 11.8 Å². The van der Waals surface area contributed by atoms with Crippen molar-refractivity contribution in [2.45, 2.75) is 76.0 Å². The molecule has 1 saturated heterocycles. The summed E-state index contributed by atoms with van der Waals surface area (Å²) in [5, 5.41) is 9.66. The van der Waals surface area contributed by atoms with E-state index in [9.17, 15) is 18.0 Å². The van der Waals surface area contributed by atoms with Gasteiger partial charge < -0.3 is 14.2 Å². The van der Waals surface area contributed by atoms with E-state index in [4.69, 9.17) is 4.74 Å². The van der Waals surface area contributed by atoms with Gasteiger partial charge in [0.25, 0.3) is 0 Å². The Morgan fingerprint density at radius 1 is 1.08 bits per heavy atom. The fourth-order valence-corrected chi connectivity index (χ4v) is 5.37. The third-order valence-corrected chi connectivity index (χ3v) is 8.00. The molecule has 210 valence electrons. The number of ether oxygens (including phenoxy) is 1. The highest BCUT2D eigenvalue weighted by atomic mass is 32.2. The number of halogens is 3. The number of aromatic nitrogens is 5. The standard InChI is InChI=1S/C25H36F3N7O2S/c1-16(36)37-18-19(25(26,27)28)29-22(24(2,3)4)30-21(18)35-13-11-34(12-14-35)10-7-15-38-23-32-31-20(33(23)5)17-8-6-9-17/h17H,6-15H2,1-5H3. The van der Waals surface area contributed by atoms with Gasteiger partial charge in [-0.25, -0.2) is 9.97 Å². The monoisotopic (exact) mass is 555 g/mol. The molecule has 0 bridgehead atoms. The third kappa shape index (κ3) is 6.59. The molecule has 1 aliphatic carbocycles. The zero-order chi connectivity index (χ0) is 27.7. The van der Waals surface area contributed by atoms with Gasteiger partial charge in [-0.2, -0.15) is 13.2 Å². The van der Waals surface area contributed by atoms with E-state index in [1.54, 1.807) is 37.4 Å². The molecular formula is C25H36F3N7O2S. The molecule has 13 heteroatoms. The van der Waals surface area contributed by atoms with Crippen molar-refractivity contribution in [3.8, 4) is 5.75 Å². The van der Waals surface area contributed by atoms with E-state index in [1.807, 2.05) is 7.05 Å². The third-order valence-electron chi connectivity index (χ3n) is 6.89. The van der Waals surface area contributed by atoms with Gasteiger partial charge in [0.05, 0.1) is 0 Å². The van der Waals surface area contributed by atoms with E-state index in [1.165, 1.54) is 19.3 Å². The molecule has 1 saturated carbocycles. The van der Waals surface area contributed by atoms with Gasteiger partial charge in [-0.1, -0.05) is 39.0 Å². The minimum atomic E-state index is -4.79. The highest BCUT2D eigenvalue weighted by Gasteiger charge is 2.41. The minimum absolute atomic E-state index is 0.0206. The molecule has 0 unspecified atom stereocenters. The molecule has 2 aromatic heterocycles. The van der Waals surface area contributed by atoms with Gasteiger partial charge in [0.2, 0.25) is 5.75 Å². The lowest BCUT2D eigenvalue weighted by Crippen LogP contribution is -2.47. The molecule has 2 aliphatic rings. The second-order valence-corrected chi connectivity index (χ2v) is 12.0. The van der Waals surface area contributed by atoms with Crippen LogP contribution < -0.4 is 9.64 Å². The van der Waals surface area contributed by atoms with Crippen LogP contribution in [-0.2, 0) is 23.4 Å². The zero-order valence-electron chi connectivity index (χ0n) is 22.6. The Bertz CT molecular complexity index is 1140. The molecule has 2 fully saturated rings. The average molecular weight is 556 g/mol. The van der Waals surface area contributed by atoms with Crippen molar-refractivity contribution >= 4 is 23.5 Å². The van der Waals surface area contributed by atoms with Gasteiger partial charge in [0, 0.05) is 57.2 Å². The molecule has 3 heterocycles. The maximum absolute atomic E-state index is 13.9. The maximum atomic E-state index is 13.9. The van der Waals surface area contributed by atoms with Crippen LogP contribution in [0.3, 0.4) is 0 Å². The van der Waals surface area contributed by atoms with Crippen LogP contribution in [-0.4, -0.2) is 74.1 Å². The lowest BCUT2D eigenvalue weighted by Gasteiger charge is -2.36. The fraction of sp³-hybridized carbons (Fsp3) is 0.720. The number of rotatable bonds is 8. The quantitative estimate of drug-likeness (QED) is 0.267. The van der Waals surface area contributed by atoms with Gasteiger partial charge in [-0.05, 0) is 25.8 Å². The molecule has 0 radical (unpaired) electrons. The summed E-state index contributed by atoms with van der Waals surface area (Å²) >= 11 is 1.70. The minimum Gasteiger partial charge on any atom is -0.420 e. The van der Waals surface area contributed by atoms with Crippen molar-refractivity contribution < 1.29 is 22.7 Å². The van der Waals surface area contributed by atoms with E-state index >= 15 is 0 Å². The van der Waals surface area contributed by atoms with Gasteiger partial charge >= 0.3 is 12.1 Å². The number of thioether (sulfide) groups is 1. The smallest absolute Gasteiger partial charge is 0.420 e. The number of carbonyl (C=O) groups is 1. The maximum Gasteiger partial charge on any atom is 0.437 e. The normalized spacial score (nSPS) is 17.5. The summed E-state index contributed by atoms with van der Waals surface area (Å²) in [6.45, 7) is 9.46. The molecule has 0 atom stereocenters. The van der Waals surface area contributed by atoms with E-state index in [2.05, 4.69) is 29.6 Å². The molecule has 38 heavy (non-hydrogen) atoms.